The van der Waals surface area contributed by atoms with E-state index in [1.807, 2.05) is 25.1 Å². The minimum Gasteiger partial charge on any atom is -0.489 e. The zero-order valence-electron chi connectivity index (χ0n) is 21.1. The van der Waals surface area contributed by atoms with E-state index in [4.69, 9.17) is 14.2 Å². The van der Waals surface area contributed by atoms with Crippen LogP contribution in [-0.4, -0.2) is 24.2 Å². The molecule has 2 heterocycles. The van der Waals surface area contributed by atoms with Gasteiger partial charge in [0.1, 0.15) is 18.0 Å². The lowest BCUT2D eigenvalue weighted by Gasteiger charge is -2.41. The smallest absolute Gasteiger partial charge is 0.309 e. The van der Waals surface area contributed by atoms with Crippen molar-refractivity contribution < 1.29 is 19.0 Å². The molecule has 0 radical (unpaired) electrons. The normalized spacial score (nSPS) is 18.5. The standard InChI is InChI=1S/C29H37NO4/c1-6-19(4)29(17-25(31)32-8-3)28-23(14-15-34-29)26-22(7-2)16-24(20(5)27(26)30-28)33-18-21-12-10-9-11-13-21/h9-13,16,19,30H,6-8,14-15,17-18H2,1-5H3/t19-,29?/m0/s1. The number of fused-ring (bicyclic) bond motifs is 3. The number of carbonyl (C=O) groups excluding carboxylic acids is 1. The summed E-state index contributed by atoms with van der Waals surface area (Å²) >= 11 is 0. The lowest BCUT2D eigenvalue weighted by atomic mass is 9.77. The molecule has 0 aliphatic carbocycles. The van der Waals surface area contributed by atoms with Crippen molar-refractivity contribution in [1.82, 2.24) is 4.98 Å². The lowest BCUT2D eigenvalue weighted by Crippen LogP contribution is -2.43. The number of esters is 1. The molecule has 182 valence electrons. The Kier molecular flexibility index (Phi) is 7.32. The van der Waals surface area contributed by atoms with E-state index in [0.717, 1.165) is 47.3 Å². The molecule has 4 rings (SSSR count). The van der Waals surface area contributed by atoms with Crippen LogP contribution in [0.25, 0.3) is 10.9 Å². The Bertz CT molecular complexity index is 1150. The van der Waals surface area contributed by atoms with Gasteiger partial charge in [0.15, 0.2) is 0 Å². The van der Waals surface area contributed by atoms with Gasteiger partial charge in [-0.25, -0.2) is 0 Å². The van der Waals surface area contributed by atoms with E-state index in [-0.39, 0.29) is 18.3 Å². The number of hydrogen-bond acceptors (Lipinski definition) is 4. The Labute approximate surface area is 202 Å². The molecule has 1 unspecified atom stereocenters. The van der Waals surface area contributed by atoms with Gasteiger partial charge >= 0.3 is 5.97 Å². The van der Waals surface area contributed by atoms with Gasteiger partial charge in [-0.1, -0.05) is 57.5 Å². The summed E-state index contributed by atoms with van der Waals surface area (Å²) in [4.78, 5) is 16.4. The maximum absolute atomic E-state index is 12.7. The molecule has 0 saturated heterocycles. The van der Waals surface area contributed by atoms with Crippen LogP contribution in [0.1, 0.15) is 68.5 Å². The van der Waals surface area contributed by atoms with Crippen molar-refractivity contribution in [1.29, 1.82) is 0 Å². The SMILES string of the molecule is CCOC(=O)CC1([C@@H](C)CC)OCCc2c1[nH]c1c(C)c(OCc3ccccc3)cc(CC)c21. The largest absolute Gasteiger partial charge is 0.489 e. The zero-order valence-corrected chi connectivity index (χ0v) is 21.1. The number of hydrogen-bond donors (Lipinski definition) is 1. The summed E-state index contributed by atoms with van der Waals surface area (Å²) in [5, 5.41) is 1.27. The third-order valence-electron chi connectivity index (χ3n) is 7.35. The number of H-pyrrole nitrogens is 1. The van der Waals surface area contributed by atoms with E-state index in [9.17, 15) is 4.79 Å². The molecule has 1 aromatic heterocycles. The summed E-state index contributed by atoms with van der Waals surface area (Å²) in [5.41, 5.74) is 6.19. The minimum atomic E-state index is -0.712. The third-order valence-corrected chi connectivity index (χ3v) is 7.35. The molecule has 5 nitrogen and oxygen atoms in total. The molecule has 0 bridgehead atoms. The fourth-order valence-electron chi connectivity index (χ4n) is 5.28. The number of aryl methyl sites for hydroxylation is 2. The monoisotopic (exact) mass is 463 g/mol. The highest BCUT2D eigenvalue weighted by Gasteiger charge is 2.46. The Morgan fingerprint density at radius 2 is 1.97 bits per heavy atom. The molecule has 2 atom stereocenters. The zero-order chi connectivity index (χ0) is 24.3. The van der Waals surface area contributed by atoms with Gasteiger partial charge in [0.2, 0.25) is 0 Å². The van der Waals surface area contributed by atoms with E-state index in [1.54, 1.807) is 0 Å². The highest BCUT2D eigenvalue weighted by Crippen LogP contribution is 2.47. The van der Waals surface area contributed by atoms with Crippen LogP contribution >= 0.6 is 0 Å². The first-order chi connectivity index (χ1) is 16.4. The first kappa shape index (κ1) is 24.3. The summed E-state index contributed by atoms with van der Waals surface area (Å²) in [6.45, 7) is 12.0. The number of aromatic nitrogens is 1. The van der Waals surface area contributed by atoms with Crippen LogP contribution in [0.4, 0.5) is 0 Å². The van der Waals surface area contributed by atoms with Crippen LogP contribution in [0, 0.1) is 12.8 Å². The molecule has 3 aromatic rings. The quantitative estimate of drug-likeness (QED) is 0.374. The van der Waals surface area contributed by atoms with E-state index < -0.39 is 5.60 Å². The Hall–Kier alpha value is -2.79. The van der Waals surface area contributed by atoms with Gasteiger partial charge in [0, 0.05) is 10.9 Å². The Morgan fingerprint density at radius 3 is 2.65 bits per heavy atom. The second kappa shape index (κ2) is 10.2. The predicted molar refractivity (Wildman–Crippen MR) is 135 cm³/mol. The summed E-state index contributed by atoms with van der Waals surface area (Å²) in [7, 11) is 0. The molecular formula is C29H37NO4. The lowest BCUT2D eigenvalue weighted by molar-refractivity contribution is -0.160. The van der Waals surface area contributed by atoms with Crippen molar-refractivity contribution in [2.75, 3.05) is 13.2 Å². The van der Waals surface area contributed by atoms with Gasteiger partial charge < -0.3 is 19.2 Å². The molecule has 5 heteroatoms. The van der Waals surface area contributed by atoms with Crippen LogP contribution in [0.3, 0.4) is 0 Å². The average Bonchev–Trinajstić information content (AvgIpc) is 3.25. The van der Waals surface area contributed by atoms with E-state index in [0.29, 0.717) is 19.8 Å². The molecule has 0 spiro atoms. The predicted octanol–water partition coefficient (Wildman–Crippen LogP) is 6.39. The van der Waals surface area contributed by atoms with Gasteiger partial charge in [-0.2, -0.15) is 0 Å². The van der Waals surface area contributed by atoms with Crippen LogP contribution in [-0.2, 0) is 39.3 Å². The maximum Gasteiger partial charge on any atom is 0.309 e. The molecule has 0 fully saturated rings. The summed E-state index contributed by atoms with van der Waals surface area (Å²) in [6.07, 6.45) is 2.84. The maximum atomic E-state index is 12.7. The molecule has 34 heavy (non-hydrogen) atoms. The van der Waals surface area contributed by atoms with Gasteiger partial charge in [-0.15, -0.1) is 0 Å². The third kappa shape index (κ3) is 4.34. The van der Waals surface area contributed by atoms with Crippen molar-refractivity contribution >= 4 is 16.9 Å². The summed E-state index contributed by atoms with van der Waals surface area (Å²) in [6, 6.07) is 12.4. The molecule has 1 aliphatic rings. The molecule has 0 saturated carbocycles. The second-order valence-corrected chi connectivity index (χ2v) is 9.29. The molecule has 1 N–H and O–H groups in total. The summed E-state index contributed by atoms with van der Waals surface area (Å²) < 4.78 is 18.1. The number of aromatic amines is 1. The minimum absolute atomic E-state index is 0.156. The van der Waals surface area contributed by atoms with Crippen molar-refractivity contribution in [3.63, 3.8) is 0 Å². The van der Waals surface area contributed by atoms with Crippen LogP contribution in [0.5, 0.6) is 5.75 Å². The van der Waals surface area contributed by atoms with Crippen LogP contribution in [0.15, 0.2) is 36.4 Å². The second-order valence-electron chi connectivity index (χ2n) is 9.29. The highest BCUT2D eigenvalue weighted by molar-refractivity contribution is 5.93. The topological polar surface area (TPSA) is 60.5 Å². The molecule has 1 aliphatic heterocycles. The average molecular weight is 464 g/mol. The fraction of sp³-hybridized carbons (Fsp3) is 0.483. The Morgan fingerprint density at radius 1 is 1.21 bits per heavy atom. The molecular weight excluding hydrogens is 426 g/mol. The van der Waals surface area contributed by atoms with Crippen LogP contribution < -0.4 is 4.74 Å². The van der Waals surface area contributed by atoms with Gasteiger partial charge in [-0.05, 0) is 55.4 Å². The van der Waals surface area contributed by atoms with Crippen molar-refractivity contribution in [2.24, 2.45) is 5.92 Å². The van der Waals surface area contributed by atoms with E-state index >= 15 is 0 Å². The van der Waals surface area contributed by atoms with Gasteiger partial charge in [0.25, 0.3) is 0 Å². The number of ether oxygens (including phenoxy) is 3. The van der Waals surface area contributed by atoms with E-state index in [1.165, 1.54) is 16.5 Å². The van der Waals surface area contributed by atoms with Crippen molar-refractivity contribution in [3.05, 3.63) is 64.3 Å². The number of benzene rings is 2. The first-order valence-corrected chi connectivity index (χ1v) is 12.6. The highest BCUT2D eigenvalue weighted by atomic mass is 16.5. The van der Waals surface area contributed by atoms with Crippen LogP contribution in [0.2, 0.25) is 0 Å². The Balaban J connectivity index is 1.83. The molecule has 0 amide bonds. The van der Waals surface area contributed by atoms with Crippen molar-refractivity contribution in [3.8, 4) is 5.75 Å². The summed E-state index contributed by atoms with van der Waals surface area (Å²) in [5.74, 6) is 0.837. The molecule has 2 aromatic carbocycles. The van der Waals surface area contributed by atoms with Gasteiger partial charge in [-0.3, -0.25) is 4.79 Å². The van der Waals surface area contributed by atoms with E-state index in [2.05, 4.69) is 50.9 Å². The fourth-order valence-corrected chi connectivity index (χ4v) is 5.28. The van der Waals surface area contributed by atoms with Crippen molar-refractivity contribution in [2.45, 2.75) is 72.5 Å². The number of nitrogens with one attached hydrogen (secondary N) is 1. The number of carbonyl (C=O) groups is 1. The van der Waals surface area contributed by atoms with Gasteiger partial charge in [0.05, 0.1) is 30.8 Å². The number of rotatable bonds is 9. The first-order valence-electron chi connectivity index (χ1n) is 12.6.